The molecule has 46 heavy (non-hydrogen) atoms. The molecule has 18 heteroatoms. The van der Waals surface area contributed by atoms with Crippen LogP contribution in [0.25, 0.3) is 22.2 Å². The van der Waals surface area contributed by atoms with E-state index in [9.17, 15) is 47.7 Å². The summed E-state index contributed by atoms with van der Waals surface area (Å²) in [6.45, 7) is -1.64. The highest BCUT2D eigenvalue weighted by molar-refractivity contribution is 7.85. The van der Waals surface area contributed by atoms with Crippen molar-refractivity contribution in [3.63, 3.8) is 0 Å². The number of rotatable bonds is 9. The number of ether oxygens (including phenoxy) is 2. The van der Waals surface area contributed by atoms with Crippen LogP contribution in [0.4, 0.5) is 13.2 Å². The van der Waals surface area contributed by atoms with Gasteiger partial charge in [0.15, 0.2) is 17.4 Å². The average molecular weight is 685 g/mol. The van der Waals surface area contributed by atoms with E-state index < -0.39 is 58.6 Å². The van der Waals surface area contributed by atoms with Gasteiger partial charge >= 0.3 is 11.9 Å². The van der Waals surface area contributed by atoms with Crippen molar-refractivity contribution in [2.75, 3.05) is 13.3 Å². The highest BCUT2D eigenvalue weighted by atomic mass is 35.5. The second-order valence-electron chi connectivity index (χ2n) is 9.93. The number of hydrogen-bond donors (Lipinski definition) is 6. The van der Waals surface area contributed by atoms with Crippen molar-refractivity contribution < 1.29 is 57.2 Å². The molecule has 5 rings (SSSR count). The Morgan fingerprint density at radius 2 is 1.91 bits per heavy atom. The molecule has 0 spiro atoms. The summed E-state index contributed by atoms with van der Waals surface area (Å²) in [7, 11) is -2.09. The van der Waals surface area contributed by atoms with Crippen LogP contribution in [0.15, 0.2) is 53.6 Å². The van der Waals surface area contributed by atoms with Crippen LogP contribution in [0.2, 0.25) is 5.02 Å². The highest BCUT2D eigenvalue weighted by Gasteiger charge is 2.51. The molecule has 1 amide bonds. The van der Waals surface area contributed by atoms with Crippen molar-refractivity contribution in [2.45, 2.75) is 41.5 Å². The Morgan fingerprint density at radius 3 is 2.63 bits per heavy atom. The summed E-state index contributed by atoms with van der Waals surface area (Å²) >= 11 is 6.23. The molecular weight excluding hydrogens is 661 g/mol. The van der Waals surface area contributed by atoms with Gasteiger partial charge < -0.3 is 40.3 Å². The van der Waals surface area contributed by atoms with Crippen molar-refractivity contribution in [1.29, 1.82) is 0 Å². The number of alkyl halides is 3. The quantitative estimate of drug-likeness (QED) is 0.140. The molecule has 244 valence electrons. The van der Waals surface area contributed by atoms with Gasteiger partial charge in [0.25, 0.3) is 5.91 Å². The number of halogens is 4. The Labute approximate surface area is 264 Å². The van der Waals surface area contributed by atoms with Gasteiger partial charge in [0.05, 0.1) is 62.0 Å². The van der Waals surface area contributed by atoms with Gasteiger partial charge in [-0.1, -0.05) is 11.6 Å². The lowest BCUT2D eigenvalue weighted by Crippen LogP contribution is -2.58. The molecule has 1 aromatic carbocycles. The number of nitrogens with zero attached hydrogens (tertiary/aromatic N) is 3. The molecule has 1 aliphatic heterocycles. The summed E-state index contributed by atoms with van der Waals surface area (Å²) in [6, 6.07) is 9.20. The second kappa shape index (κ2) is 13.0. The van der Waals surface area contributed by atoms with Crippen molar-refractivity contribution in [1.82, 2.24) is 20.3 Å². The Balaban J connectivity index is 1.42. The van der Waals surface area contributed by atoms with Crippen LogP contribution in [0.1, 0.15) is 34.3 Å². The van der Waals surface area contributed by atoms with E-state index in [2.05, 4.69) is 20.3 Å². The van der Waals surface area contributed by atoms with E-state index >= 15 is 0 Å². The minimum absolute atomic E-state index is 0.00394. The van der Waals surface area contributed by atoms with E-state index in [1.54, 1.807) is 6.07 Å². The number of aromatic nitrogens is 3. The van der Waals surface area contributed by atoms with Crippen molar-refractivity contribution >= 4 is 39.2 Å². The fraction of sp³-hybridized carbons (Fsp3) is 0.286. The Kier molecular flexibility index (Phi) is 9.46. The topological polar surface area (TPSA) is 204 Å². The third-order valence-electron chi connectivity index (χ3n) is 6.66. The number of carbonyl (C=O) groups excluding carboxylic acids is 1. The molecule has 1 aliphatic rings. The largest absolute Gasteiger partial charge is 0.491 e. The summed E-state index contributed by atoms with van der Waals surface area (Å²) in [6.07, 6.45) is -0.905. The Hall–Kier alpha value is -3.97. The lowest BCUT2D eigenvalue weighted by Gasteiger charge is -2.29. The summed E-state index contributed by atoms with van der Waals surface area (Å²) in [5.74, 6) is -9.70. The zero-order valence-electron chi connectivity index (χ0n) is 23.2. The number of amides is 1. The van der Waals surface area contributed by atoms with Crippen LogP contribution < -0.4 is 14.8 Å². The average Bonchev–Trinajstić information content (AvgIpc) is 3.16. The van der Waals surface area contributed by atoms with Crippen LogP contribution in [0.5, 0.6) is 11.6 Å². The third kappa shape index (κ3) is 6.90. The van der Waals surface area contributed by atoms with Crippen molar-refractivity contribution in [3.05, 3.63) is 70.6 Å². The third-order valence-corrected chi connectivity index (χ3v) is 8.38. The molecule has 3 aromatic heterocycles. The maximum absolute atomic E-state index is 14.2. The van der Waals surface area contributed by atoms with E-state index in [0.717, 1.165) is 12.1 Å². The standard InChI is InChI=1S/C28H24ClF3N4O9S/c29-17-7-14(8-22-24(17)44-6-5-23(32)46(22)43)25(37)34-12-15-9-21-13(11-33-15)1-3-19(35-21)16-2-4-20(18(31)10-30)36-26(16)45-28(41,42)27(38,39)40/h1-4,7-9,11,18,23,38-42H,5-6,10,12H2,(H,34,37). The monoisotopic (exact) mass is 684 g/mol. The first-order valence-electron chi connectivity index (χ1n) is 13.3. The van der Waals surface area contributed by atoms with Gasteiger partial charge in [0.2, 0.25) is 5.88 Å². The number of pyridine rings is 3. The lowest BCUT2D eigenvalue weighted by atomic mass is 10.1. The molecule has 0 saturated carbocycles. The fourth-order valence-electron chi connectivity index (χ4n) is 4.25. The Bertz CT molecular complexity index is 1830. The first-order valence-corrected chi connectivity index (χ1v) is 14.8. The van der Waals surface area contributed by atoms with E-state index in [-0.39, 0.29) is 57.6 Å². The van der Waals surface area contributed by atoms with Crippen LogP contribution in [0, 0.1) is 0 Å². The van der Waals surface area contributed by atoms with E-state index in [1.807, 2.05) is 0 Å². The molecule has 0 bridgehead atoms. The fourth-order valence-corrected chi connectivity index (χ4v) is 5.76. The molecule has 3 unspecified atom stereocenters. The van der Waals surface area contributed by atoms with Gasteiger partial charge in [-0.25, -0.2) is 23.1 Å². The Morgan fingerprint density at radius 1 is 1.15 bits per heavy atom. The summed E-state index contributed by atoms with van der Waals surface area (Å²) in [5.41, 5.74) is -1.77. The van der Waals surface area contributed by atoms with Crippen molar-refractivity contribution in [2.24, 2.45) is 0 Å². The molecule has 3 atom stereocenters. The van der Waals surface area contributed by atoms with E-state index in [0.29, 0.717) is 11.1 Å². The summed E-state index contributed by atoms with van der Waals surface area (Å²) in [4.78, 5) is 25.3. The first-order chi connectivity index (χ1) is 21.7. The summed E-state index contributed by atoms with van der Waals surface area (Å²) in [5, 5.41) is 50.6. The van der Waals surface area contributed by atoms with Gasteiger partial charge in [0, 0.05) is 23.6 Å². The SMILES string of the molecule is O=C(NCc1cc2nc(-c3ccc(C(F)CF)nc3OC(O)(O)C(O)(O)O)ccc2cn1)c1cc(Cl)c2c(c1)S(=O)C(F)CCO2. The molecule has 0 aliphatic carbocycles. The predicted molar refractivity (Wildman–Crippen MR) is 154 cm³/mol. The smallest absolute Gasteiger partial charge is 0.410 e. The number of carbonyl (C=O) groups is 1. The van der Waals surface area contributed by atoms with Gasteiger partial charge in [0.1, 0.15) is 6.67 Å². The van der Waals surface area contributed by atoms with Gasteiger partial charge in [-0.15, -0.1) is 0 Å². The minimum Gasteiger partial charge on any atom is -0.491 e. The number of aliphatic hydroxyl groups is 5. The molecule has 13 nitrogen and oxygen atoms in total. The molecular formula is C28H24ClF3N4O9S. The van der Waals surface area contributed by atoms with E-state index in [1.165, 1.54) is 30.5 Å². The number of benzene rings is 1. The normalized spacial score (nSPS) is 17.5. The van der Waals surface area contributed by atoms with Crippen LogP contribution >= 0.6 is 11.6 Å². The second-order valence-corrected chi connectivity index (χ2v) is 11.9. The zero-order valence-corrected chi connectivity index (χ0v) is 24.8. The summed E-state index contributed by atoms with van der Waals surface area (Å²) < 4.78 is 63.8. The molecule has 4 heterocycles. The van der Waals surface area contributed by atoms with E-state index in [4.69, 9.17) is 21.1 Å². The maximum Gasteiger partial charge on any atom is 0.410 e. The molecule has 0 radical (unpaired) electrons. The molecule has 0 saturated heterocycles. The molecule has 4 aromatic rings. The highest BCUT2D eigenvalue weighted by Crippen LogP contribution is 2.37. The zero-order chi connectivity index (χ0) is 33.4. The predicted octanol–water partition coefficient (Wildman–Crippen LogP) is 2.09. The number of hydrogen-bond acceptors (Lipinski definition) is 12. The van der Waals surface area contributed by atoms with Gasteiger partial charge in [-0.2, -0.15) is 0 Å². The van der Waals surface area contributed by atoms with Crippen LogP contribution in [-0.2, 0) is 17.3 Å². The minimum atomic E-state index is -4.21. The lowest BCUT2D eigenvalue weighted by molar-refractivity contribution is -0.502. The molecule has 0 fully saturated rings. The maximum atomic E-state index is 14.2. The molecule has 6 N–H and O–H groups in total. The van der Waals surface area contributed by atoms with Crippen LogP contribution in [-0.4, -0.2) is 81.3 Å². The van der Waals surface area contributed by atoms with Crippen molar-refractivity contribution in [3.8, 4) is 22.9 Å². The van der Waals surface area contributed by atoms with Gasteiger partial charge in [-0.3, -0.25) is 14.0 Å². The number of fused-ring (bicyclic) bond motifs is 2. The number of nitrogens with one attached hydrogen (secondary N) is 1. The first kappa shape index (κ1) is 33.4. The van der Waals surface area contributed by atoms with Crippen LogP contribution in [0.3, 0.4) is 0 Å². The van der Waals surface area contributed by atoms with Gasteiger partial charge in [-0.05, 0) is 42.5 Å².